The fourth-order valence-electron chi connectivity index (χ4n) is 2.51. The number of pyridine rings is 1. The lowest BCUT2D eigenvalue weighted by molar-refractivity contribution is 0.130. The Morgan fingerprint density at radius 3 is 3.12 bits per heavy atom. The van der Waals surface area contributed by atoms with Gasteiger partial charge in [0.2, 0.25) is 0 Å². The summed E-state index contributed by atoms with van der Waals surface area (Å²) in [7, 11) is 0. The van der Waals surface area contributed by atoms with E-state index < -0.39 is 0 Å². The topological polar surface area (TPSA) is 36.4 Å². The monoisotopic (exact) mass is 254 g/mol. The molecular formula is C13H19ClN2O. The van der Waals surface area contributed by atoms with Crippen LogP contribution in [0.2, 0.25) is 5.15 Å². The molecule has 2 unspecified atom stereocenters. The number of nitrogens with zero attached hydrogens (tertiary/aromatic N) is 2. The van der Waals surface area contributed by atoms with Crippen LogP contribution in [0.15, 0.2) is 18.2 Å². The van der Waals surface area contributed by atoms with Gasteiger partial charge in [0, 0.05) is 12.6 Å². The van der Waals surface area contributed by atoms with Crippen molar-refractivity contribution in [3.8, 4) is 0 Å². The normalized spacial score (nSPS) is 22.9. The van der Waals surface area contributed by atoms with Gasteiger partial charge < -0.3 is 5.11 Å². The van der Waals surface area contributed by atoms with Crippen LogP contribution in [-0.2, 0) is 6.54 Å². The van der Waals surface area contributed by atoms with E-state index in [1.165, 1.54) is 12.8 Å². The molecule has 0 saturated carbocycles. The molecule has 1 N–H and O–H groups in total. The minimum atomic E-state index is -0.229. The highest BCUT2D eigenvalue weighted by Crippen LogP contribution is 2.23. The number of hydrogen-bond acceptors (Lipinski definition) is 3. The Morgan fingerprint density at radius 1 is 1.59 bits per heavy atom. The molecule has 0 aliphatic carbocycles. The third-order valence-corrected chi connectivity index (χ3v) is 3.46. The van der Waals surface area contributed by atoms with Gasteiger partial charge in [0.1, 0.15) is 5.15 Å². The van der Waals surface area contributed by atoms with E-state index in [9.17, 15) is 5.11 Å². The van der Waals surface area contributed by atoms with Gasteiger partial charge in [-0.3, -0.25) is 4.90 Å². The Morgan fingerprint density at radius 2 is 2.41 bits per heavy atom. The Kier molecular flexibility index (Phi) is 4.37. The van der Waals surface area contributed by atoms with Crippen molar-refractivity contribution in [1.82, 2.24) is 9.88 Å². The van der Waals surface area contributed by atoms with Crippen LogP contribution >= 0.6 is 11.6 Å². The summed E-state index contributed by atoms with van der Waals surface area (Å²) in [5, 5.41) is 10.0. The van der Waals surface area contributed by atoms with Gasteiger partial charge in [0.05, 0.1) is 11.8 Å². The van der Waals surface area contributed by atoms with Crippen LogP contribution in [0.5, 0.6) is 0 Å². The maximum absolute atomic E-state index is 9.48. The molecule has 94 valence electrons. The summed E-state index contributed by atoms with van der Waals surface area (Å²) in [5.74, 6) is 0. The van der Waals surface area contributed by atoms with E-state index in [0.29, 0.717) is 11.2 Å². The third-order valence-electron chi connectivity index (χ3n) is 3.25. The van der Waals surface area contributed by atoms with E-state index in [2.05, 4.69) is 9.88 Å². The first kappa shape index (κ1) is 12.8. The number of aliphatic hydroxyl groups excluding tert-OH is 1. The third kappa shape index (κ3) is 3.66. The lowest BCUT2D eigenvalue weighted by Gasteiger charge is -2.25. The van der Waals surface area contributed by atoms with Crippen LogP contribution in [0, 0.1) is 0 Å². The van der Waals surface area contributed by atoms with Crippen molar-refractivity contribution in [2.75, 3.05) is 6.54 Å². The second kappa shape index (κ2) is 5.80. The fourth-order valence-corrected chi connectivity index (χ4v) is 2.69. The standard InChI is InChI=1S/C13H19ClN2O/c1-10(17)8-12-5-3-7-16(12)9-11-4-2-6-13(14)15-11/h2,4,6,10,12,17H,3,5,7-9H2,1H3. The summed E-state index contributed by atoms with van der Waals surface area (Å²) in [4.78, 5) is 6.71. The smallest absolute Gasteiger partial charge is 0.129 e. The highest BCUT2D eigenvalue weighted by atomic mass is 35.5. The maximum Gasteiger partial charge on any atom is 0.129 e. The Hall–Kier alpha value is -0.640. The molecule has 1 aliphatic rings. The van der Waals surface area contributed by atoms with Crippen molar-refractivity contribution in [3.05, 3.63) is 29.0 Å². The van der Waals surface area contributed by atoms with Crippen LogP contribution in [0.1, 0.15) is 31.9 Å². The first-order valence-electron chi connectivity index (χ1n) is 6.18. The molecule has 1 aromatic rings. The molecule has 0 spiro atoms. The minimum absolute atomic E-state index is 0.229. The van der Waals surface area contributed by atoms with Gasteiger partial charge in [-0.05, 0) is 44.9 Å². The van der Waals surface area contributed by atoms with Crippen LogP contribution in [0.4, 0.5) is 0 Å². The van der Waals surface area contributed by atoms with Gasteiger partial charge in [-0.25, -0.2) is 4.98 Å². The number of rotatable bonds is 4. The van der Waals surface area contributed by atoms with E-state index in [0.717, 1.165) is 25.2 Å². The van der Waals surface area contributed by atoms with Crippen molar-refractivity contribution < 1.29 is 5.11 Å². The van der Waals surface area contributed by atoms with Gasteiger partial charge >= 0.3 is 0 Å². The average Bonchev–Trinajstić information content (AvgIpc) is 2.65. The minimum Gasteiger partial charge on any atom is -0.393 e. The number of hydrogen-bond donors (Lipinski definition) is 1. The Balaban J connectivity index is 1.97. The molecule has 0 radical (unpaired) electrons. The summed E-state index contributed by atoms with van der Waals surface area (Å²) in [6.07, 6.45) is 3.00. The highest BCUT2D eigenvalue weighted by molar-refractivity contribution is 6.29. The molecule has 2 atom stereocenters. The number of aliphatic hydroxyl groups is 1. The van der Waals surface area contributed by atoms with E-state index in [1.807, 2.05) is 19.1 Å². The largest absolute Gasteiger partial charge is 0.393 e. The molecule has 1 aliphatic heterocycles. The molecule has 2 rings (SSSR count). The summed E-state index contributed by atoms with van der Waals surface area (Å²) in [5.41, 5.74) is 1.01. The van der Waals surface area contributed by atoms with Gasteiger partial charge in [0.15, 0.2) is 0 Å². The predicted octanol–water partition coefficient (Wildman–Crippen LogP) is 2.47. The van der Waals surface area contributed by atoms with Crippen molar-refractivity contribution >= 4 is 11.6 Å². The molecule has 4 heteroatoms. The van der Waals surface area contributed by atoms with Crippen molar-refractivity contribution in [1.29, 1.82) is 0 Å². The van der Waals surface area contributed by atoms with Gasteiger partial charge in [-0.2, -0.15) is 0 Å². The number of aromatic nitrogens is 1. The van der Waals surface area contributed by atoms with Crippen LogP contribution < -0.4 is 0 Å². The lowest BCUT2D eigenvalue weighted by Crippen LogP contribution is -2.31. The summed E-state index contributed by atoms with van der Waals surface area (Å²) < 4.78 is 0. The van der Waals surface area contributed by atoms with Crippen LogP contribution in [0.3, 0.4) is 0 Å². The molecule has 1 fully saturated rings. The van der Waals surface area contributed by atoms with E-state index in [-0.39, 0.29) is 6.10 Å². The molecule has 0 aromatic carbocycles. The fraction of sp³-hybridized carbons (Fsp3) is 0.615. The number of likely N-dealkylation sites (tertiary alicyclic amines) is 1. The molecule has 1 aromatic heterocycles. The van der Waals surface area contributed by atoms with Gasteiger partial charge in [-0.15, -0.1) is 0 Å². The van der Waals surface area contributed by atoms with E-state index in [1.54, 1.807) is 6.07 Å². The van der Waals surface area contributed by atoms with Crippen LogP contribution in [0.25, 0.3) is 0 Å². The molecule has 2 heterocycles. The zero-order chi connectivity index (χ0) is 12.3. The van der Waals surface area contributed by atoms with E-state index in [4.69, 9.17) is 11.6 Å². The summed E-state index contributed by atoms with van der Waals surface area (Å²) >= 11 is 5.88. The molecule has 0 amide bonds. The second-order valence-corrected chi connectivity index (χ2v) is 5.19. The van der Waals surface area contributed by atoms with Gasteiger partial charge in [-0.1, -0.05) is 17.7 Å². The SMILES string of the molecule is CC(O)CC1CCCN1Cc1cccc(Cl)n1. The van der Waals surface area contributed by atoms with Crippen molar-refractivity contribution in [3.63, 3.8) is 0 Å². The van der Waals surface area contributed by atoms with Crippen molar-refractivity contribution in [2.45, 2.75) is 44.9 Å². The van der Waals surface area contributed by atoms with E-state index >= 15 is 0 Å². The summed E-state index contributed by atoms with van der Waals surface area (Å²) in [6.45, 7) is 3.78. The van der Waals surface area contributed by atoms with Gasteiger partial charge in [0.25, 0.3) is 0 Å². The molecule has 1 saturated heterocycles. The lowest BCUT2D eigenvalue weighted by atomic mass is 10.1. The zero-order valence-corrected chi connectivity index (χ0v) is 10.9. The maximum atomic E-state index is 9.48. The average molecular weight is 255 g/mol. The predicted molar refractivity (Wildman–Crippen MR) is 69.0 cm³/mol. The first-order valence-corrected chi connectivity index (χ1v) is 6.56. The molecule has 17 heavy (non-hydrogen) atoms. The number of halogens is 1. The second-order valence-electron chi connectivity index (χ2n) is 4.80. The van der Waals surface area contributed by atoms with Crippen molar-refractivity contribution in [2.24, 2.45) is 0 Å². The molecular weight excluding hydrogens is 236 g/mol. The van der Waals surface area contributed by atoms with Crippen LogP contribution in [-0.4, -0.2) is 33.7 Å². The first-order chi connectivity index (χ1) is 8.15. The molecule has 0 bridgehead atoms. The zero-order valence-electron chi connectivity index (χ0n) is 10.1. The molecule has 3 nitrogen and oxygen atoms in total. The highest BCUT2D eigenvalue weighted by Gasteiger charge is 2.25. The Bertz CT molecular complexity index is 370. The quantitative estimate of drug-likeness (QED) is 0.839. The Labute approximate surface area is 107 Å². The summed E-state index contributed by atoms with van der Waals surface area (Å²) in [6, 6.07) is 6.21.